The summed E-state index contributed by atoms with van der Waals surface area (Å²) in [5.41, 5.74) is 7.35. The van der Waals surface area contributed by atoms with Gasteiger partial charge in [0, 0.05) is 30.4 Å². The maximum atomic E-state index is 10.0. The normalized spacial score (nSPS) is 13.9. The number of nitrogens with two attached hydrogens (primary N) is 1. The highest BCUT2D eigenvalue weighted by atomic mass is 16.5. The fourth-order valence-corrected chi connectivity index (χ4v) is 3.57. The number of rotatable bonds is 7. The monoisotopic (exact) mass is 448 g/mol. The topological polar surface area (TPSA) is 142 Å². The molecule has 0 saturated heterocycles. The molecule has 4 heterocycles. The second-order valence-corrected chi connectivity index (χ2v) is 9.28. The lowest BCUT2D eigenvalue weighted by molar-refractivity contribution is 0.0577. The van der Waals surface area contributed by atoms with E-state index in [-0.39, 0.29) is 11.9 Å². The van der Waals surface area contributed by atoms with E-state index in [2.05, 4.69) is 46.0 Å². The highest BCUT2D eigenvalue weighted by Gasteiger charge is 2.38. The maximum absolute atomic E-state index is 10.0. The third-order valence-corrected chi connectivity index (χ3v) is 5.81. The van der Waals surface area contributed by atoms with Crippen LogP contribution < -0.4 is 5.73 Å². The molecule has 0 fully saturated rings. The number of aliphatic hydroxyl groups is 1. The molecule has 0 aliphatic heterocycles. The lowest BCUT2D eigenvalue weighted by atomic mass is 9.73. The minimum absolute atomic E-state index is 0.161. The first-order chi connectivity index (χ1) is 15.6. The first kappa shape index (κ1) is 22.5. The molecule has 0 radical (unpaired) electrons. The summed E-state index contributed by atoms with van der Waals surface area (Å²) in [5, 5.41) is 18.6. The number of hydrogen-bond acceptors (Lipinski definition) is 9. The summed E-state index contributed by atoms with van der Waals surface area (Å²) >= 11 is 0. The van der Waals surface area contributed by atoms with Crippen molar-refractivity contribution in [3.63, 3.8) is 0 Å². The van der Waals surface area contributed by atoms with E-state index in [1.165, 1.54) is 0 Å². The Morgan fingerprint density at radius 1 is 1.03 bits per heavy atom. The van der Waals surface area contributed by atoms with Crippen LogP contribution in [0.3, 0.4) is 0 Å². The zero-order valence-electron chi connectivity index (χ0n) is 19.4. The van der Waals surface area contributed by atoms with Gasteiger partial charge in [0.2, 0.25) is 5.95 Å². The zero-order chi connectivity index (χ0) is 23.8. The van der Waals surface area contributed by atoms with Crippen LogP contribution in [0.25, 0.3) is 22.7 Å². The second kappa shape index (κ2) is 8.36. The lowest BCUT2D eigenvalue weighted by Crippen LogP contribution is -2.31. The number of pyridine rings is 1. The Morgan fingerprint density at radius 2 is 1.76 bits per heavy atom. The molecule has 0 saturated carbocycles. The van der Waals surface area contributed by atoms with Crippen LogP contribution in [0.4, 0.5) is 5.95 Å². The number of nitrogens with zero attached hydrogens (tertiary/aromatic N) is 7. The molecule has 0 bridgehead atoms. The van der Waals surface area contributed by atoms with Gasteiger partial charge in [-0.25, -0.2) is 9.97 Å². The Balaban J connectivity index is 1.63. The molecule has 4 rings (SSSR count). The number of nitrogen functional groups attached to an aromatic ring is 1. The molecular formula is C23H28N8O2. The molecule has 1 atom stereocenters. The van der Waals surface area contributed by atoms with Gasteiger partial charge in [-0.3, -0.25) is 9.67 Å². The quantitative estimate of drug-likeness (QED) is 0.436. The molecule has 0 amide bonds. The van der Waals surface area contributed by atoms with Crippen LogP contribution >= 0.6 is 0 Å². The number of aromatic nitrogens is 7. The van der Waals surface area contributed by atoms with Crippen LogP contribution in [-0.2, 0) is 12.0 Å². The van der Waals surface area contributed by atoms with Gasteiger partial charge < -0.3 is 15.4 Å². The Labute approximate surface area is 191 Å². The lowest BCUT2D eigenvalue weighted by Gasteiger charge is -2.30. The van der Waals surface area contributed by atoms with E-state index in [0.717, 1.165) is 16.8 Å². The molecule has 10 heteroatoms. The summed E-state index contributed by atoms with van der Waals surface area (Å²) < 4.78 is 7.25. The van der Waals surface area contributed by atoms with E-state index in [1.807, 2.05) is 18.3 Å². The minimum Gasteiger partial charge on any atom is -0.389 e. The SMILES string of the molecule is CC(C)[C@](C)(c1ccc(-c2cnc(N)nc2)nc1)c1noc(-c2cnn(CC(C)(C)O)c2)n1. The Hall–Kier alpha value is -3.66. The second-order valence-electron chi connectivity index (χ2n) is 9.28. The summed E-state index contributed by atoms with van der Waals surface area (Å²) in [7, 11) is 0. The molecule has 10 nitrogen and oxygen atoms in total. The van der Waals surface area contributed by atoms with Crippen molar-refractivity contribution in [2.45, 2.75) is 52.2 Å². The van der Waals surface area contributed by atoms with Crippen molar-refractivity contribution >= 4 is 5.95 Å². The average Bonchev–Trinajstić information content (AvgIpc) is 3.42. The Kier molecular flexibility index (Phi) is 5.71. The van der Waals surface area contributed by atoms with Gasteiger partial charge in [-0.15, -0.1) is 0 Å². The van der Waals surface area contributed by atoms with Crippen LogP contribution in [0.1, 0.15) is 46.0 Å². The van der Waals surface area contributed by atoms with Crippen LogP contribution in [0.5, 0.6) is 0 Å². The minimum atomic E-state index is -0.878. The predicted molar refractivity (Wildman–Crippen MR) is 123 cm³/mol. The van der Waals surface area contributed by atoms with Crippen molar-refractivity contribution in [2.75, 3.05) is 5.73 Å². The van der Waals surface area contributed by atoms with E-state index in [9.17, 15) is 5.11 Å². The maximum Gasteiger partial charge on any atom is 0.261 e. The van der Waals surface area contributed by atoms with Crippen molar-refractivity contribution in [2.24, 2.45) is 5.92 Å². The molecule has 4 aromatic heterocycles. The molecule has 33 heavy (non-hydrogen) atoms. The first-order valence-electron chi connectivity index (χ1n) is 10.7. The molecule has 0 spiro atoms. The Bertz CT molecular complexity index is 1220. The van der Waals surface area contributed by atoms with Crippen LogP contribution in [0, 0.1) is 5.92 Å². The molecule has 0 aliphatic carbocycles. The average molecular weight is 449 g/mol. The van der Waals surface area contributed by atoms with Gasteiger partial charge in [-0.05, 0) is 38.3 Å². The van der Waals surface area contributed by atoms with E-state index in [1.54, 1.807) is 43.3 Å². The molecule has 0 aromatic carbocycles. The van der Waals surface area contributed by atoms with E-state index in [4.69, 9.17) is 15.2 Å². The van der Waals surface area contributed by atoms with Gasteiger partial charge in [0.15, 0.2) is 5.82 Å². The molecule has 3 N–H and O–H groups in total. The fraction of sp³-hybridized carbons (Fsp3) is 0.391. The first-order valence-corrected chi connectivity index (χ1v) is 10.7. The van der Waals surface area contributed by atoms with E-state index < -0.39 is 11.0 Å². The van der Waals surface area contributed by atoms with E-state index >= 15 is 0 Å². The summed E-state index contributed by atoms with van der Waals surface area (Å²) in [6.45, 7) is 10.1. The summed E-state index contributed by atoms with van der Waals surface area (Å²) in [6.07, 6.45) is 8.56. The van der Waals surface area contributed by atoms with Crippen molar-refractivity contribution in [3.05, 3.63) is 54.5 Å². The standard InChI is InChI=1S/C23H28N8O2/c1-14(2)23(5,17-6-7-18(25-11-17)15-8-26-21(24)27-9-15)20-29-19(33-30-20)16-10-28-31(12-16)13-22(3,4)32/h6-12,14,32H,13H2,1-5H3,(H2,24,26,27)/t23-/m1/s1. The Morgan fingerprint density at radius 3 is 2.36 bits per heavy atom. The van der Waals surface area contributed by atoms with Gasteiger partial charge >= 0.3 is 0 Å². The predicted octanol–water partition coefficient (Wildman–Crippen LogP) is 3.10. The third-order valence-electron chi connectivity index (χ3n) is 5.81. The van der Waals surface area contributed by atoms with Crippen LogP contribution in [-0.4, -0.2) is 45.6 Å². The third kappa shape index (κ3) is 4.61. The van der Waals surface area contributed by atoms with E-state index in [0.29, 0.717) is 23.8 Å². The summed E-state index contributed by atoms with van der Waals surface area (Å²) in [5.74, 6) is 1.32. The van der Waals surface area contributed by atoms with Crippen LogP contribution in [0.2, 0.25) is 0 Å². The van der Waals surface area contributed by atoms with Gasteiger partial charge in [0.1, 0.15) is 0 Å². The molecule has 4 aromatic rings. The molecular weight excluding hydrogens is 420 g/mol. The highest BCUT2D eigenvalue weighted by Crippen LogP contribution is 2.38. The smallest absolute Gasteiger partial charge is 0.261 e. The zero-order valence-corrected chi connectivity index (χ0v) is 19.4. The summed E-state index contributed by atoms with van der Waals surface area (Å²) in [4.78, 5) is 17.4. The highest BCUT2D eigenvalue weighted by molar-refractivity contribution is 5.58. The molecule has 0 unspecified atom stereocenters. The molecule has 172 valence electrons. The fourth-order valence-electron chi connectivity index (χ4n) is 3.57. The van der Waals surface area contributed by atoms with Gasteiger partial charge in [-0.1, -0.05) is 25.1 Å². The largest absolute Gasteiger partial charge is 0.389 e. The van der Waals surface area contributed by atoms with Crippen molar-refractivity contribution in [1.82, 2.24) is 34.9 Å². The molecule has 0 aliphatic rings. The summed E-state index contributed by atoms with van der Waals surface area (Å²) in [6, 6.07) is 3.93. The van der Waals surface area contributed by atoms with Gasteiger partial charge in [-0.2, -0.15) is 10.1 Å². The number of hydrogen-bond donors (Lipinski definition) is 2. The number of anilines is 1. The van der Waals surface area contributed by atoms with Crippen molar-refractivity contribution in [3.8, 4) is 22.7 Å². The van der Waals surface area contributed by atoms with Crippen molar-refractivity contribution < 1.29 is 9.63 Å². The van der Waals surface area contributed by atoms with Gasteiger partial charge in [0.05, 0.1) is 35.0 Å². The van der Waals surface area contributed by atoms with Gasteiger partial charge in [0.25, 0.3) is 5.89 Å². The van der Waals surface area contributed by atoms with Crippen molar-refractivity contribution in [1.29, 1.82) is 0 Å². The van der Waals surface area contributed by atoms with Crippen LogP contribution in [0.15, 0.2) is 47.6 Å².